The zero-order chi connectivity index (χ0) is 27.5. The molecule has 9 nitrogen and oxygen atoms in total. The normalized spacial score (nSPS) is 19.4. The highest BCUT2D eigenvalue weighted by Gasteiger charge is 2.70. The topological polar surface area (TPSA) is 131 Å². The van der Waals surface area contributed by atoms with Crippen LogP contribution in [0.15, 0.2) is 35.5 Å². The van der Waals surface area contributed by atoms with E-state index >= 15 is 0 Å². The van der Waals surface area contributed by atoms with Crippen LogP contribution in [0.3, 0.4) is 0 Å². The van der Waals surface area contributed by atoms with Gasteiger partial charge in [-0.3, -0.25) is 25.7 Å². The van der Waals surface area contributed by atoms with Crippen molar-refractivity contribution in [3.63, 3.8) is 0 Å². The fraction of sp³-hybridized carbons (Fsp3) is 0.571. The Morgan fingerprint density at radius 1 is 1.14 bits per heavy atom. The monoisotopic (exact) mass is 526 g/mol. The number of rotatable bonds is 8. The van der Waals surface area contributed by atoms with Crippen LogP contribution in [0.5, 0.6) is 0 Å². The van der Waals surface area contributed by atoms with E-state index in [2.05, 4.69) is 5.10 Å². The molecule has 0 bridgehead atoms. The van der Waals surface area contributed by atoms with E-state index in [0.717, 1.165) is 37.5 Å². The first-order valence-electron chi connectivity index (χ1n) is 10.7. The third-order valence-corrected chi connectivity index (χ3v) is 6.19. The Hall–Kier alpha value is -3.23. The second-order valence-corrected chi connectivity index (χ2v) is 9.16. The minimum atomic E-state index is -6.11. The molecule has 0 saturated heterocycles. The van der Waals surface area contributed by atoms with Gasteiger partial charge in [0.05, 0.1) is 21.6 Å². The number of nitrogens with zero attached hydrogens (tertiary/aromatic N) is 3. The van der Waals surface area contributed by atoms with Crippen LogP contribution >= 0.6 is 0 Å². The lowest BCUT2D eigenvalue weighted by Crippen LogP contribution is -2.57. The minimum absolute atomic E-state index is 0.213. The number of aliphatic hydroxyl groups is 1. The number of non-ortho nitro benzene ring substituents is 1. The second kappa shape index (κ2) is 10.4. The van der Waals surface area contributed by atoms with Crippen molar-refractivity contribution in [2.75, 3.05) is 5.43 Å². The molecule has 15 heteroatoms. The fourth-order valence-corrected chi connectivity index (χ4v) is 3.88. The van der Waals surface area contributed by atoms with Crippen molar-refractivity contribution in [1.82, 2.24) is 0 Å². The Morgan fingerprint density at radius 2 is 1.75 bits per heavy atom. The highest BCUT2D eigenvalue weighted by molar-refractivity contribution is 5.96. The molecular weight excluding hydrogens is 502 g/mol. The number of alkyl halides is 6. The third kappa shape index (κ3) is 6.50. The van der Waals surface area contributed by atoms with Gasteiger partial charge in [0.2, 0.25) is 0 Å². The molecule has 2 N–H and O–H groups in total. The first-order valence-corrected chi connectivity index (χ1v) is 10.7. The molecule has 36 heavy (non-hydrogen) atoms. The average molecular weight is 526 g/mol. The largest absolute Gasteiger partial charge is 0.426 e. The highest BCUT2D eigenvalue weighted by Crippen LogP contribution is 2.46. The van der Waals surface area contributed by atoms with Gasteiger partial charge < -0.3 is 5.11 Å². The second-order valence-electron chi connectivity index (χ2n) is 9.16. The van der Waals surface area contributed by atoms with Crippen LogP contribution in [0, 0.1) is 31.6 Å². The van der Waals surface area contributed by atoms with Gasteiger partial charge in [0.15, 0.2) is 0 Å². The van der Waals surface area contributed by atoms with E-state index in [-0.39, 0.29) is 11.3 Å². The van der Waals surface area contributed by atoms with E-state index < -0.39 is 57.0 Å². The lowest BCUT2D eigenvalue weighted by molar-refractivity contribution is -0.393. The van der Waals surface area contributed by atoms with Gasteiger partial charge >= 0.3 is 18.0 Å². The molecule has 0 radical (unpaired) electrons. The van der Waals surface area contributed by atoms with Crippen LogP contribution in [-0.2, 0) is 0 Å². The van der Waals surface area contributed by atoms with Gasteiger partial charge in [-0.15, -0.1) is 0 Å². The number of benzene rings is 1. The van der Waals surface area contributed by atoms with Gasteiger partial charge in [0, 0.05) is 12.5 Å². The Bertz CT molecular complexity index is 1040. The number of nitro groups is 2. The van der Waals surface area contributed by atoms with Crippen LogP contribution in [0.2, 0.25) is 0 Å². The molecule has 0 spiro atoms. The minimum Gasteiger partial charge on any atom is -0.373 e. The fourth-order valence-electron chi connectivity index (χ4n) is 3.88. The molecule has 1 aromatic rings. The molecule has 1 aromatic carbocycles. The van der Waals surface area contributed by atoms with Gasteiger partial charge in [0.1, 0.15) is 5.69 Å². The maximum absolute atomic E-state index is 13.3. The van der Waals surface area contributed by atoms with Gasteiger partial charge in [-0.25, -0.2) is 0 Å². The molecule has 200 valence electrons. The van der Waals surface area contributed by atoms with Crippen LogP contribution in [0.1, 0.15) is 46.0 Å². The molecule has 0 amide bonds. The number of anilines is 1. The molecule has 1 fully saturated rings. The maximum atomic E-state index is 13.3. The lowest BCUT2D eigenvalue weighted by Gasteiger charge is -2.37. The molecule has 0 aliphatic heterocycles. The Morgan fingerprint density at radius 3 is 2.25 bits per heavy atom. The van der Waals surface area contributed by atoms with Crippen molar-refractivity contribution in [2.45, 2.75) is 63.9 Å². The summed E-state index contributed by atoms with van der Waals surface area (Å²) in [5.74, 6) is -0.213. The summed E-state index contributed by atoms with van der Waals surface area (Å²) in [6, 6.07) is 2.23. The van der Waals surface area contributed by atoms with Crippen molar-refractivity contribution >= 4 is 22.8 Å². The summed E-state index contributed by atoms with van der Waals surface area (Å²) in [4.78, 5) is 20.2. The summed E-state index contributed by atoms with van der Waals surface area (Å²) in [6.07, 6.45) is -8.80. The zero-order valence-electron chi connectivity index (χ0n) is 19.2. The zero-order valence-corrected chi connectivity index (χ0v) is 19.2. The molecule has 2 rings (SSSR count). The summed E-state index contributed by atoms with van der Waals surface area (Å²) in [7, 11) is 0. The summed E-state index contributed by atoms with van der Waals surface area (Å²) in [6.45, 7) is 3.80. The Kier molecular flexibility index (Phi) is 8.38. The van der Waals surface area contributed by atoms with E-state index in [1.807, 2.05) is 19.3 Å². The summed E-state index contributed by atoms with van der Waals surface area (Å²) in [5.41, 5.74) is -6.37. The van der Waals surface area contributed by atoms with Crippen LogP contribution in [0.4, 0.5) is 43.4 Å². The molecule has 1 aliphatic rings. The number of hydrogen-bond acceptors (Lipinski definition) is 7. The summed E-state index contributed by atoms with van der Waals surface area (Å²) in [5, 5.41) is 35.3. The average Bonchev–Trinajstić information content (AvgIpc) is 2.74. The molecule has 0 heterocycles. The maximum Gasteiger partial charge on any atom is 0.426 e. The number of nitrogens with one attached hydrogen (secondary N) is 1. The van der Waals surface area contributed by atoms with E-state index in [4.69, 9.17) is 0 Å². The van der Waals surface area contributed by atoms with E-state index in [1.54, 1.807) is 0 Å². The molecule has 0 aromatic heterocycles. The van der Waals surface area contributed by atoms with Crippen LogP contribution < -0.4 is 5.43 Å². The molecule has 1 atom stereocenters. The molecule has 1 saturated carbocycles. The number of nitro benzene ring substituents is 2. The predicted octanol–water partition coefficient (Wildman–Crippen LogP) is 6.29. The van der Waals surface area contributed by atoms with Crippen LogP contribution in [-0.4, -0.2) is 38.6 Å². The van der Waals surface area contributed by atoms with Crippen molar-refractivity contribution in [3.05, 3.63) is 50.6 Å². The smallest absolute Gasteiger partial charge is 0.373 e. The van der Waals surface area contributed by atoms with Crippen LogP contribution in [0.25, 0.3) is 0 Å². The van der Waals surface area contributed by atoms with Gasteiger partial charge in [-0.1, -0.05) is 32.8 Å². The van der Waals surface area contributed by atoms with E-state index in [1.165, 1.54) is 6.08 Å². The SMILES string of the molecule is CC1(C)CCCC[C@@H]1/C=C\C(CC(O)(C(F)(F)F)C(F)(F)F)=N/Nc1ccc([N+](=O)[O-])cc1[N+](=O)[O-]. The number of halogens is 6. The first kappa shape index (κ1) is 29.0. The summed E-state index contributed by atoms with van der Waals surface area (Å²) < 4.78 is 79.9. The van der Waals surface area contributed by atoms with Gasteiger partial charge in [0.25, 0.3) is 11.3 Å². The van der Waals surface area contributed by atoms with Gasteiger partial charge in [-0.05, 0) is 36.3 Å². The number of hydrazone groups is 1. The van der Waals surface area contributed by atoms with Crippen molar-refractivity contribution in [2.24, 2.45) is 16.4 Å². The lowest BCUT2D eigenvalue weighted by atomic mass is 9.69. The van der Waals surface area contributed by atoms with Crippen molar-refractivity contribution in [1.29, 1.82) is 0 Å². The number of hydrogen-bond donors (Lipinski definition) is 2. The highest BCUT2D eigenvalue weighted by atomic mass is 19.4. The summed E-state index contributed by atoms with van der Waals surface area (Å²) >= 11 is 0. The number of allylic oxidation sites excluding steroid dienone is 2. The molecule has 0 unspecified atom stereocenters. The molecule has 1 aliphatic carbocycles. The Labute approximate surface area is 201 Å². The predicted molar refractivity (Wildman–Crippen MR) is 117 cm³/mol. The molecular formula is C21H24F6N4O5. The third-order valence-electron chi connectivity index (χ3n) is 6.19. The van der Waals surface area contributed by atoms with Gasteiger partial charge in [-0.2, -0.15) is 31.4 Å². The van der Waals surface area contributed by atoms with Crippen molar-refractivity contribution < 1.29 is 41.3 Å². The van der Waals surface area contributed by atoms with E-state index in [9.17, 15) is 51.7 Å². The first-order chi connectivity index (χ1) is 16.4. The Balaban J connectivity index is 2.53. The van der Waals surface area contributed by atoms with E-state index in [0.29, 0.717) is 12.5 Å². The van der Waals surface area contributed by atoms with Crippen molar-refractivity contribution in [3.8, 4) is 0 Å². The standard InChI is InChI=1S/C21H24F6N4O5/c1-18(2)10-4-3-5-13(18)6-7-14(12-19(32,20(22,23)24)21(25,26)27)28-29-16-9-8-15(30(33)34)11-17(16)31(35)36/h6-9,11,13,29,32H,3-5,10,12H2,1-2H3/b7-6-,28-14+/t13-/m1/s1. The quantitative estimate of drug-likeness (QED) is 0.177.